The monoisotopic (exact) mass is 338 g/mol. The number of hydrogen-bond donors (Lipinski definition) is 3. The molecule has 0 saturated carbocycles. The molecular formula is C18H34N4O2. The van der Waals surface area contributed by atoms with Crippen LogP contribution in [0.15, 0.2) is 0 Å². The highest BCUT2D eigenvalue weighted by molar-refractivity contribution is 5.82. The Morgan fingerprint density at radius 2 is 1.58 bits per heavy atom. The van der Waals surface area contributed by atoms with E-state index >= 15 is 0 Å². The van der Waals surface area contributed by atoms with Crippen molar-refractivity contribution in [3.05, 3.63) is 0 Å². The lowest BCUT2D eigenvalue weighted by Crippen LogP contribution is -2.63. The SMILES string of the molecule is CC1(C)CC(NC(=O)NC2CC(=O)N(C(C)(C)C)C2)CC(C)(C)N1. The van der Waals surface area contributed by atoms with Crippen LogP contribution in [0.25, 0.3) is 0 Å². The first kappa shape index (κ1) is 19.0. The van der Waals surface area contributed by atoms with Crippen molar-refractivity contribution in [2.45, 2.75) is 96.4 Å². The molecule has 1 atom stereocenters. The highest BCUT2D eigenvalue weighted by Gasteiger charge is 2.39. The van der Waals surface area contributed by atoms with E-state index in [-0.39, 0.29) is 40.6 Å². The zero-order valence-electron chi connectivity index (χ0n) is 16.2. The summed E-state index contributed by atoms with van der Waals surface area (Å²) in [5.41, 5.74) is -0.217. The average molecular weight is 338 g/mol. The van der Waals surface area contributed by atoms with E-state index in [0.717, 1.165) is 12.8 Å². The van der Waals surface area contributed by atoms with Gasteiger partial charge in [0.15, 0.2) is 0 Å². The predicted octanol–water partition coefficient (Wildman–Crippen LogP) is 1.99. The fourth-order valence-electron chi connectivity index (χ4n) is 4.29. The lowest BCUT2D eigenvalue weighted by atomic mass is 9.80. The second kappa shape index (κ2) is 6.21. The third-order valence-electron chi connectivity index (χ3n) is 4.80. The van der Waals surface area contributed by atoms with Gasteiger partial charge < -0.3 is 20.9 Å². The van der Waals surface area contributed by atoms with Crippen molar-refractivity contribution in [1.29, 1.82) is 0 Å². The summed E-state index contributed by atoms with van der Waals surface area (Å²) in [5, 5.41) is 9.70. The van der Waals surface area contributed by atoms with Gasteiger partial charge in [-0.1, -0.05) is 0 Å². The summed E-state index contributed by atoms with van der Waals surface area (Å²) in [6.45, 7) is 15.3. The Hall–Kier alpha value is -1.30. The maximum absolute atomic E-state index is 12.4. The van der Waals surface area contributed by atoms with Crippen molar-refractivity contribution >= 4 is 11.9 Å². The first-order valence-corrected chi connectivity index (χ1v) is 8.94. The topological polar surface area (TPSA) is 73.5 Å². The van der Waals surface area contributed by atoms with Gasteiger partial charge >= 0.3 is 6.03 Å². The zero-order chi connectivity index (χ0) is 18.3. The Morgan fingerprint density at radius 1 is 1.08 bits per heavy atom. The largest absolute Gasteiger partial charge is 0.336 e. The van der Waals surface area contributed by atoms with Crippen LogP contribution in [0.1, 0.15) is 67.7 Å². The molecule has 0 radical (unpaired) electrons. The number of rotatable bonds is 2. The molecule has 0 spiro atoms. The molecule has 6 nitrogen and oxygen atoms in total. The molecule has 1 unspecified atom stereocenters. The van der Waals surface area contributed by atoms with E-state index in [4.69, 9.17) is 0 Å². The molecule has 6 heteroatoms. The summed E-state index contributed by atoms with van der Waals surface area (Å²) >= 11 is 0. The number of hydrogen-bond acceptors (Lipinski definition) is 3. The van der Waals surface area contributed by atoms with Gasteiger partial charge in [0.25, 0.3) is 0 Å². The van der Waals surface area contributed by atoms with Crippen molar-refractivity contribution in [2.75, 3.05) is 6.54 Å². The van der Waals surface area contributed by atoms with Gasteiger partial charge in [0.2, 0.25) is 5.91 Å². The van der Waals surface area contributed by atoms with E-state index in [1.807, 2.05) is 25.7 Å². The minimum atomic E-state index is -0.201. The van der Waals surface area contributed by atoms with Gasteiger partial charge in [-0.3, -0.25) is 4.79 Å². The lowest BCUT2D eigenvalue weighted by molar-refractivity contribution is -0.131. The molecule has 3 N–H and O–H groups in total. The van der Waals surface area contributed by atoms with Gasteiger partial charge in [0.05, 0.1) is 6.04 Å². The molecular weight excluding hydrogens is 304 g/mol. The van der Waals surface area contributed by atoms with Crippen LogP contribution in [0.2, 0.25) is 0 Å². The van der Waals surface area contributed by atoms with E-state index in [0.29, 0.717) is 13.0 Å². The molecule has 0 bridgehead atoms. The number of carbonyl (C=O) groups is 2. The number of piperidine rings is 1. The Bertz CT molecular complexity index is 492. The van der Waals surface area contributed by atoms with Crippen LogP contribution < -0.4 is 16.0 Å². The van der Waals surface area contributed by atoms with Crippen molar-refractivity contribution in [3.63, 3.8) is 0 Å². The maximum atomic E-state index is 12.4. The molecule has 24 heavy (non-hydrogen) atoms. The van der Waals surface area contributed by atoms with Gasteiger partial charge in [0, 0.05) is 35.6 Å². The van der Waals surface area contributed by atoms with Crippen LogP contribution in [0.3, 0.4) is 0 Å². The second-order valence-corrected chi connectivity index (χ2v) is 9.69. The summed E-state index contributed by atoms with van der Waals surface area (Å²) in [6.07, 6.45) is 2.16. The summed E-state index contributed by atoms with van der Waals surface area (Å²) < 4.78 is 0. The number of nitrogens with zero attached hydrogens (tertiary/aromatic N) is 1. The molecule has 0 aromatic rings. The van der Waals surface area contributed by atoms with Crippen LogP contribution >= 0.6 is 0 Å². The highest BCUT2D eigenvalue weighted by atomic mass is 16.2. The average Bonchev–Trinajstić information content (AvgIpc) is 2.64. The smallest absolute Gasteiger partial charge is 0.315 e. The van der Waals surface area contributed by atoms with Gasteiger partial charge in [-0.2, -0.15) is 0 Å². The minimum Gasteiger partial charge on any atom is -0.336 e. The van der Waals surface area contributed by atoms with Crippen LogP contribution in [-0.4, -0.2) is 52.1 Å². The summed E-state index contributed by atoms with van der Waals surface area (Å²) in [7, 11) is 0. The van der Waals surface area contributed by atoms with Gasteiger partial charge in [0.1, 0.15) is 0 Å². The fraction of sp³-hybridized carbons (Fsp3) is 0.889. The molecule has 0 aromatic heterocycles. The molecule has 2 heterocycles. The molecule has 2 aliphatic rings. The molecule has 0 aliphatic carbocycles. The van der Waals surface area contributed by atoms with E-state index in [2.05, 4.69) is 43.6 Å². The molecule has 0 aromatic carbocycles. The summed E-state index contributed by atoms with van der Waals surface area (Å²) in [5.74, 6) is 0.108. The van der Waals surface area contributed by atoms with Crippen molar-refractivity contribution in [3.8, 4) is 0 Å². The number of urea groups is 1. The third-order valence-corrected chi connectivity index (χ3v) is 4.80. The van der Waals surface area contributed by atoms with Crippen LogP contribution in [0.4, 0.5) is 4.79 Å². The Balaban J connectivity index is 1.89. The van der Waals surface area contributed by atoms with E-state index < -0.39 is 0 Å². The minimum absolute atomic E-state index is 0.00788. The first-order valence-electron chi connectivity index (χ1n) is 8.94. The molecule has 2 rings (SSSR count). The molecule has 2 aliphatic heterocycles. The van der Waals surface area contributed by atoms with Crippen molar-refractivity contribution in [1.82, 2.24) is 20.9 Å². The van der Waals surface area contributed by atoms with E-state index in [1.54, 1.807) is 0 Å². The highest BCUT2D eigenvalue weighted by Crippen LogP contribution is 2.28. The zero-order valence-corrected chi connectivity index (χ0v) is 16.2. The number of amides is 3. The Morgan fingerprint density at radius 3 is 2.04 bits per heavy atom. The standard InChI is InChI=1S/C18H34N4O2/c1-16(2,3)22-11-12(8-14(22)23)19-15(24)20-13-9-17(4,5)21-18(6,7)10-13/h12-13,21H,8-11H2,1-7H3,(H2,19,20,24). The van der Waals surface area contributed by atoms with Crippen molar-refractivity contribution in [2.24, 2.45) is 0 Å². The first-order chi connectivity index (χ1) is 10.8. The Kier molecular flexibility index (Phi) is 4.92. The van der Waals surface area contributed by atoms with Crippen LogP contribution in [0, 0.1) is 0 Å². The molecule has 2 fully saturated rings. The second-order valence-electron chi connectivity index (χ2n) is 9.69. The normalized spacial score (nSPS) is 27.2. The summed E-state index contributed by atoms with van der Waals surface area (Å²) in [6, 6.07) is -0.145. The number of likely N-dealkylation sites (tertiary alicyclic amines) is 1. The maximum Gasteiger partial charge on any atom is 0.315 e. The van der Waals surface area contributed by atoms with Crippen LogP contribution in [-0.2, 0) is 4.79 Å². The van der Waals surface area contributed by atoms with Crippen molar-refractivity contribution < 1.29 is 9.59 Å². The summed E-state index contributed by atoms with van der Waals surface area (Å²) in [4.78, 5) is 26.3. The Labute approximate surface area is 146 Å². The quantitative estimate of drug-likeness (QED) is 0.721. The third kappa shape index (κ3) is 4.85. The van der Waals surface area contributed by atoms with E-state index in [1.165, 1.54) is 0 Å². The molecule has 2 saturated heterocycles. The number of nitrogens with one attached hydrogen (secondary N) is 3. The molecule has 138 valence electrons. The van der Waals surface area contributed by atoms with E-state index in [9.17, 15) is 9.59 Å². The van der Waals surface area contributed by atoms with Crippen LogP contribution in [0.5, 0.6) is 0 Å². The molecule has 3 amide bonds. The van der Waals surface area contributed by atoms with Gasteiger partial charge in [-0.05, 0) is 61.3 Å². The van der Waals surface area contributed by atoms with Gasteiger partial charge in [-0.15, -0.1) is 0 Å². The number of carbonyl (C=O) groups excluding carboxylic acids is 2. The predicted molar refractivity (Wildman–Crippen MR) is 95.9 cm³/mol. The van der Waals surface area contributed by atoms with Gasteiger partial charge in [-0.25, -0.2) is 4.79 Å². The fourth-order valence-corrected chi connectivity index (χ4v) is 4.29. The lowest BCUT2D eigenvalue weighted by Gasteiger charge is -2.46.